The van der Waals surface area contributed by atoms with Crippen LogP contribution in [0.4, 0.5) is 4.39 Å². The molecule has 2 aromatic rings. The van der Waals surface area contributed by atoms with Gasteiger partial charge in [-0.1, -0.05) is 55.3 Å². The van der Waals surface area contributed by atoms with Crippen LogP contribution in [-0.4, -0.2) is 30.4 Å². The molecule has 28 heavy (non-hydrogen) atoms. The summed E-state index contributed by atoms with van der Waals surface area (Å²) in [5, 5.41) is 0. The Morgan fingerprint density at radius 2 is 1.68 bits per heavy atom. The van der Waals surface area contributed by atoms with Crippen LogP contribution in [0.25, 0.3) is 0 Å². The van der Waals surface area contributed by atoms with Crippen LogP contribution in [0.3, 0.4) is 0 Å². The van der Waals surface area contributed by atoms with E-state index in [-0.39, 0.29) is 24.4 Å². The molecular formula is C23H26FNO3. The molecule has 3 rings (SSSR count). The molecule has 1 saturated carbocycles. The fourth-order valence-electron chi connectivity index (χ4n) is 3.90. The zero-order chi connectivity index (χ0) is 20.1. The van der Waals surface area contributed by atoms with E-state index >= 15 is 0 Å². The highest BCUT2D eigenvalue weighted by Crippen LogP contribution is 2.42. The van der Waals surface area contributed by atoms with Crippen molar-refractivity contribution in [2.75, 3.05) is 13.7 Å². The lowest BCUT2D eigenvalue weighted by Crippen LogP contribution is -2.39. The normalized spacial score (nSPS) is 16.4. The van der Waals surface area contributed by atoms with Gasteiger partial charge in [0.2, 0.25) is 0 Å². The van der Waals surface area contributed by atoms with Crippen LogP contribution in [0.15, 0.2) is 54.6 Å². The van der Waals surface area contributed by atoms with E-state index in [1.165, 1.54) is 12.1 Å². The highest BCUT2D eigenvalue weighted by Gasteiger charge is 2.44. The second-order valence-corrected chi connectivity index (χ2v) is 7.46. The SMILES string of the molecule is C[C@@H](c1ccccc1)N(C)C(=O)COC(=O)C1(c2ccc(F)cc2)CCCC1. The Kier molecular flexibility index (Phi) is 6.12. The molecule has 0 aliphatic heterocycles. The molecule has 0 heterocycles. The maximum atomic E-state index is 13.3. The summed E-state index contributed by atoms with van der Waals surface area (Å²) in [5.41, 5.74) is 0.996. The Morgan fingerprint density at radius 3 is 2.29 bits per heavy atom. The predicted octanol–water partition coefficient (Wildman–Crippen LogP) is 4.40. The number of carbonyl (C=O) groups excluding carboxylic acids is 2. The van der Waals surface area contributed by atoms with Crippen LogP contribution in [0.2, 0.25) is 0 Å². The zero-order valence-electron chi connectivity index (χ0n) is 16.4. The molecule has 0 bridgehead atoms. The number of nitrogens with zero attached hydrogens (tertiary/aromatic N) is 1. The average Bonchev–Trinajstić information content (AvgIpc) is 3.23. The largest absolute Gasteiger partial charge is 0.455 e. The summed E-state index contributed by atoms with van der Waals surface area (Å²) < 4.78 is 18.8. The Balaban J connectivity index is 1.66. The van der Waals surface area contributed by atoms with Gasteiger partial charge in [-0.15, -0.1) is 0 Å². The van der Waals surface area contributed by atoms with Crippen LogP contribution in [0.1, 0.15) is 49.8 Å². The van der Waals surface area contributed by atoms with E-state index in [4.69, 9.17) is 4.74 Å². The fourth-order valence-corrected chi connectivity index (χ4v) is 3.90. The lowest BCUT2D eigenvalue weighted by atomic mass is 9.79. The lowest BCUT2D eigenvalue weighted by Gasteiger charge is -2.29. The minimum atomic E-state index is -0.780. The molecule has 0 N–H and O–H groups in total. The van der Waals surface area contributed by atoms with Gasteiger partial charge in [-0.05, 0) is 43.0 Å². The van der Waals surface area contributed by atoms with E-state index in [2.05, 4.69) is 0 Å². The molecule has 1 atom stereocenters. The standard InChI is InChI=1S/C23H26FNO3/c1-17(18-8-4-3-5-9-18)25(2)21(26)16-28-22(27)23(14-6-7-15-23)19-10-12-20(24)13-11-19/h3-5,8-13,17H,6-7,14-16H2,1-2H3/t17-/m0/s1. The number of ether oxygens (including phenoxy) is 1. The molecule has 0 aromatic heterocycles. The van der Waals surface area contributed by atoms with Gasteiger partial charge >= 0.3 is 5.97 Å². The summed E-state index contributed by atoms with van der Waals surface area (Å²) in [6.07, 6.45) is 3.13. The van der Waals surface area contributed by atoms with E-state index in [1.54, 1.807) is 24.1 Å². The number of halogens is 1. The number of rotatable bonds is 6. The molecule has 0 spiro atoms. The van der Waals surface area contributed by atoms with E-state index in [1.807, 2.05) is 37.3 Å². The van der Waals surface area contributed by atoms with Gasteiger partial charge < -0.3 is 9.64 Å². The molecule has 1 aliphatic carbocycles. The van der Waals surface area contributed by atoms with E-state index in [9.17, 15) is 14.0 Å². The zero-order valence-corrected chi connectivity index (χ0v) is 16.4. The van der Waals surface area contributed by atoms with Crippen molar-refractivity contribution in [2.24, 2.45) is 0 Å². The van der Waals surface area contributed by atoms with Gasteiger partial charge in [0.25, 0.3) is 5.91 Å². The van der Waals surface area contributed by atoms with Gasteiger partial charge in [0.1, 0.15) is 5.82 Å². The maximum absolute atomic E-state index is 13.3. The lowest BCUT2D eigenvalue weighted by molar-refractivity contribution is -0.157. The fraction of sp³-hybridized carbons (Fsp3) is 0.391. The number of esters is 1. The number of carbonyl (C=O) groups is 2. The second kappa shape index (κ2) is 8.55. The van der Waals surface area contributed by atoms with Crippen LogP contribution in [0.5, 0.6) is 0 Å². The topological polar surface area (TPSA) is 46.6 Å². The minimum Gasteiger partial charge on any atom is -0.455 e. The molecule has 1 amide bonds. The highest BCUT2D eigenvalue weighted by molar-refractivity contribution is 5.86. The van der Waals surface area contributed by atoms with Crippen molar-refractivity contribution in [3.8, 4) is 0 Å². The Hall–Kier alpha value is -2.69. The molecule has 1 fully saturated rings. The Labute approximate surface area is 165 Å². The van der Waals surface area contributed by atoms with Gasteiger partial charge in [0.15, 0.2) is 6.61 Å². The number of hydrogen-bond donors (Lipinski definition) is 0. The summed E-state index contributed by atoms with van der Waals surface area (Å²) in [6.45, 7) is 1.64. The van der Waals surface area contributed by atoms with Crippen molar-refractivity contribution in [1.29, 1.82) is 0 Å². The van der Waals surface area contributed by atoms with E-state index < -0.39 is 11.4 Å². The summed E-state index contributed by atoms with van der Waals surface area (Å²) in [4.78, 5) is 27.1. The number of likely N-dealkylation sites (N-methyl/N-ethyl adjacent to an activating group) is 1. The molecule has 0 radical (unpaired) electrons. The van der Waals surface area contributed by atoms with Crippen molar-refractivity contribution in [2.45, 2.75) is 44.1 Å². The molecule has 4 nitrogen and oxygen atoms in total. The predicted molar refractivity (Wildman–Crippen MR) is 105 cm³/mol. The quantitative estimate of drug-likeness (QED) is 0.695. The number of benzene rings is 2. The average molecular weight is 383 g/mol. The molecule has 0 unspecified atom stereocenters. The van der Waals surface area contributed by atoms with Crippen LogP contribution in [-0.2, 0) is 19.7 Å². The Morgan fingerprint density at radius 1 is 1.07 bits per heavy atom. The first-order valence-electron chi connectivity index (χ1n) is 9.68. The van der Waals surface area contributed by atoms with Gasteiger partial charge in [-0.3, -0.25) is 9.59 Å². The smallest absolute Gasteiger partial charge is 0.317 e. The molecule has 148 valence electrons. The first kappa shape index (κ1) is 20.1. The highest BCUT2D eigenvalue weighted by atomic mass is 19.1. The molecular weight excluding hydrogens is 357 g/mol. The third-order valence-corrected chi connectivity index (χ3v) is 5.83. The van der Waals surface area contributed by atoms with Crippen molar-refractivity contribution < 1.29 is 18.7 Å². The summed E-state index contributed by atoms with van der Waals surface area (Å²) in [7, 11) is 1.71. The summed E-state index contributed by atoms with van der Waals surface area (Å²) >= 11 is 0. The van der Waals surface area contributed by atoms with Crippen LogP contribution < -0.4 is 0 Å². The van der Waals surface area contributed by atoms with E-state index in [0.717, 1.165) is 24.0 Å². The van der Waals surface area contributed by atoms with Crippen molar-refractivity contribution in [3.63, 3.8) is 0 Å². The van der Waals surface area contributed by atoms with Crippen LogP contribution >= 0.6 is 0 Å². The monoisotopic (exact) mass is 383 g/mol. The van der Waals surface area contributed by atoms with Gasteiger partial charge in [0, 0.05) is 7.05 Å². The minimum absolute atomic E-state index is 0.120. The van der Waals surface area contributed by atoms with Crippen molar-refractivity contribution in [1.82, 2.24) is 4.90 Å². The Bertz CT molecular complexity index is 814. The maximum Gasteiger partial charge on any atom is 0.317 e. The first-order valence-corrected chi connectivity index (χ1v) is 9.68. The molecule has 0 saturated heterocycles. The van der Waals surface area contributed by atoms with Gasteiger partial charge in [-0.2, -0.15) is 0 Å². The number of amides is 1. The molecule has 1 aliphatic rings. The first-order chi connectivity index (χ1) is 13.4. The third kappa shape index (κ3) is 4.08. The second-order valence-electron chi connectivity index (χ2n) is 7.46. The molecule has 2 aromatic carbocycles. The van der Waals surface area contributed by atoms with Gasteiger partial charge in [0.05, 0.1) is 11.5 Å². The molecule has 5 heteroatoms. The summed E-state index contributed by atoms with van der Waals surface area (Å²) in [5.74, 6) is -0.986. The van der Waals surface area contributed by atoms with E-state index in [0.29, 0.717) is 12.8 Å². The summed E-state index contributed by atoms with van der Waals surface area (Å²) in [6, 6.07) is 15.6. The third-order valence-electron chi connectivity index (χ3n) is 5.83. The van der Waals surface area contributed by atoms with Crippen molar-refractivity contribution >= 4 is 11.9 Å². The van der Waals surface area contributed by atoms with Crippen LogP contribution in [0, 0.1) is 5.82 Å². The number of hydrogen-bond acceptors (Lipinski definition) is 3. The van der Waals surface area contributed by atoms with Gasteiger partial charge in [-0.25, -0.2) is 4.39 Å². The van der Waals surface area contributed by atoms with Crippen molar-refractivity contribution in [3.05, 3.63) is 71.5 Å².